The van der Waals surface area contributed by atoms with Crippen molar-refractivity contribution in [1.29, 1.82) is 0 Å². The van der Waals surface area contributed by atoms with Crippen LogP contribution in [-0.2, 0) is 12.4 Å². The quantitative estimate of drug-likeness (QED) is 0.171. The Balaban J connectivity index is 1.71. The number of unbranched alkanes of at least 4 members (excludes halogenated alkanes) is 3. The predicted molar refractivity (Wildman–Crippen MR) is 126 cm³/mol. The van der Waals surface area contributed by atoms with Gasteiger partial charge in [0.15, 0.2) is 5.78 Å². The van der Waals surface area contributed by atoms with Crippen LogP contribution < -0.4 is 4.74 Å². The van der Waals surface area contributed by atoms with Crippen LogP contribution in [0.25, 0.3) is 0 Å². The van der Waals surface area contributed by atoms with Crippen molar-refractivity contribution >= 4 is 17.5 Å². The predicted octanol–water partition coefficient (Wildman–Crippen LogP) is 7.71. The summed E-state index contributed by atoms with van der Waals surface area (Å²) in [6, 6.07) is 26.4. The first kappa shape index (κ1) is 22.2. The molecule has 0 aromatic heterocycles. The topological polar surface area (TPSA) is 26.3 Å². The number of hydrogen-bond acceptors (Lipinski definition) is 3. The molecule has 3 aromatic carbocycles. The molecule has 3 aromatic rings. The summed E-state index contributed by atoms with van der Waals surface area (Å²) in [5.41, 5.74) is 3.20. The Morgan fingerprint density at radius 1 is 0.833 bits per heavy atom. The van der Waals surface area contributed by atoms with E-state index in [9.17, 15) is 4.79 Å². The van der Waals surface area contributed by atoms with Crippen molar-refractivity contribution in [1.82, 2.24) is 0 Å². The third-order valence-electron chi connectivity index (χ3n) is 5.00. The van der Waals surface area contributed by atoms with Gasteiger partial charge in [0.05, 0.1) is 0 Å². The molecule has 30 heavy (non-hydrogen) atoms. The van der Waals surface area contributed by atoms with Crippen LogP contribution in [0.5, 0.6) is 5.75 Å². The zero-order valence-corrected chi connectivity index (χ0v) is 18.5. The van der Waals surface area contributed by atoms with E-state index in [0.29, 0.717) is 13.0 Å². The van der Waals surface area contributed by atoms with Gasteiger partial charge in [0.1, 0.15) is 12.4 Å². The molecule has 0 saturated heterocycles. The summed E-state index contributed by atoms with van der Waals surface area (Å²) >= 11 is 1.71. The molecular formula is C27H30O2S. The summed E-state index contributed by atoms with van der Waals surface area (Å²) in [5, 5.41) is 0. The highest BCUT2D eigenvalue weighted by molar-refractivity contribution is 7.98. The molecule has 0 atom stereocenters. The Morgan fingerprint density at radius 3 is 2.23 bits per heavy atom. The molecule has 0 N–H and O–H groups in total. The molecule has 3 heteroatoms. The summed E-state index contributed by atoms with van der Waals surface area (Å²) < 4.78 is 6.01. The van der Waals surface area contributed by atoms with Crippen LogP contribution in [0.2, 0.25) is 0 Å². The van der Waals surface area contributed by atoms with Gasteiger partial charge in [-0.05, 0) is 35.7 Å². The molecular weight excluding hydrogens is 388 g/mol. The molecule has 0 radical (unpaired) electrons. The number of carbonyl (C=O) groups excluding carboxylic acids is 1. The average Bonchev–Trinajstić information content (AvgIpc) is 2.80. The van der Waals surface area contributed by atoms with E-state index in [1.165, 1.54) is 18.4 Å². The molecule has 0 heterocycles. The molecule has 0 aliphatic rings. The van der Waals surface area contributed by atoms with E-state index in [0.717, 1.165) is 40.4 Å². The summed E-state index contributed by atoms with van der Waals surface area (Å²) in [6.45, 7) is 2.71. The third kappa shape index (κ3) is 7.07. The Hall–Kier alpha value is -2.52. The van der Waals surface area contributed by atoms with Crippen LogP contribution in [0.3, 0.4) is 0 Å². The first-order chi connectivity index (χ1) is 14.8. The van der Waals surface area contributed by atoms with Crippen LogP contribution in [0.15, 0.2) is 83.8 Å². The first-order valence-electron chi connectivity index (χ1n) is 10.8. The number of benzene rings is 3. The molecule has 0 spiro atoms. The lowest BCUT2D eigenvalue weighted by atomic mass is 10.0. The zero-order chi connectivity index (χ0) is 21.0. The van der Waals surface area contributed by atoms with Crippen molar-refractivity contribution in [2.45, 2.75) is 56.3 Å². The molecule has 0 bridgehead atoms. The first-order valence-corrected chi connectivity index (χ1v) is 11.8. The smallest absolute Gasteiger partial charge is 0.164 e. The van der Waals surface area contributed by atoms with Gasteiger partial charge in [0.2, 0.25) is 0 Å². The minimum Gasteiger partial charge on any atom is -0.489 e. The monoisotopic (exact) mass is 418 g/mol. The highest BCUT2D eigenvalue weighted by Crippen LogP contribution is 2.31. The second-order valence-corrected chi connectivity index (χ2v) is 8.46. The molecule has 0 aliphatic heterocycles. The third-order valence-corrected chi connectivity index (χ3v) is 6.12. The van der Waals surface area contributed by atoms with Crippen molar-refractivity contribution < 1.29 is 9.53 Å². The number of thioether (sulfide) groups is 1. The number of rotatable bonds is 12. The van der Waals surface area contributed by atoms with Crippen LogP contribution in [0, 0.1) is 0 Å². The van der Waals surface area contributed by atoms with E-state index in [2.05, 4.69) is 43.3 Å². The van der Waals surface area contributed by atoms with Gasteiger partial charge in [-0.2, -0.15) is 0 Å². The number of carbonyl (C=O) groups is 1. The van der Waals surface area contributed by atoms with E-state index in [-0.39, 0.29) is 5.78 Å². The van der Waals surface area contributed by atoms with Crippen LogP contribution in [0.4, 0.5) is 0 Å². The highest BCUT2D eigenvalue weighted by atomic mass is 32.2. The zero-order valence-electron chi connectivity index (χ0n) is 17.7. The van der Waals surface area contributed by atoms with Gasteiger partial charge in [-0.1, -0.05) is 86.8 Å². The summed E-state index contributed by atoms with van der Waals surface area (Å²) in [6.07, 6.45) is 5.06. The van der Waals surface area contributed by atoms with Gasteiger partial charge in [0.25, 0.3) is 0 Å². The SMILES string of the molecule is CCCCCCC(=O)c1ccc(OCc2ccccc2)cc1SCc1ccccc1. The van der Waals surface area contributed by atoms with E-state index in [4.69, 9.17) is 4.74 Å². The average molecular weight is 419 g/mol. The Labute approximate surface area is 184 Å². The number of ketones is 1. The van der Waals surface area contributed by atoms with Gasteiger partial charge in [-0.3, -0.25) is 4.79 Å². The summed E-state index contributed by atoms with van der Waals surface area (Å²) in [5.74, 6) is 1.87. The molecule has 2 nitrogen and oxygen atoms in total. The largest absolute Gasteiger partial charge is 0.489 e. The number of hydrogen-bond donors (Lipinski definition) is 0. The minimum absolute atomic E-state index is 0.233. The van der Waals surface area contributed by atoms with Crippen molar-refractivity contribution in [3.05, 3.63) is 95.6 Å². The van der Waals surface area contributed by atoms with E-state index >= 15 is 0 Å². The molecule has 0 unspecified atom stereocenters. The van der Waals surface area contributed by atoms with Gasteiger partial charge in [-0.15, -0.1) is 11.8 Å². The van der Waals surface area contributed by atoms with Crippen molar-refractivity contribution in [3.8, 4) is 5.75 Å². The van der Waals surface area contributed by atoms with Gasteiger partial charge < -0.3 is 4.74 Å². The van der Waals surface area contributed by atoms with E-state index < -0.39 is 0 Å². The molecule has 3 rings (SSSR count). The lowest BCUT2D eigenvalue weighted by Crippen LogP contribution is -2.03. The lowest BCUT2D eigenvalue weighted by molar-refractivity contribution is 0.0976. The molecule has 0 amide bonds. The van der Waals surface area contributed by atoms with E-state index in [1.54, 1.807) is 11.8 Å². The van der Waals surface area contributed by atoms with Gasteiger partial charge >= 0.3 is 0 Å². The van der Waals surface area contributed by atoms with E-state index in [1.807, 2.05) is 42.5 Å². The van der Waals surface area contributed by atoms with Gasteiger partial charge in [0, 0.05) is 22.6 Å². The molecule has 0 saturated carbocycles. The fraction of sp³-hybridized carbons (Fsp3) is 0.296. The lowest BCUT2D eigenvalue weighted by Gasteiger charge is -2.12. The molecule has 0 fully saturated rings. The van der Waals surface area contributed by atoms with Crippen molar-refractivity contribution in [2.75, 3.05) is 0 Å². The van der Waals surface area contributed by atoms with Crippen molar-refractivity contribution in [3.63, 3.8) is 0 Å². The normalized spacial score (nSPS) is 10.7. The fourth-order valence-corrected chi connectivity index (χ4v) is 4.32. The maximum absolute atomic E-state index is 12.9. The number of Topliss-reactive ketones (excluding diaryl/α,β-unsaturated/α-hetero) is 1. The Kier molecular flexibility index (Phi) is 9.04. The Bertz CT molecular complexity index is 907. The maximum Gasteiger partial charge on any atom is 0.164 e. The van der Waals surface area contributed by atoms with Gasteiger partial charge in [-0.25, -0.2) is 0 Å². The second-order valence-electron chi connectivity index (χ2n) is 7.44. The summed E-state index contributed by atoms with van der Waals surface area (Å²) in [4.78, 5) is 13.9. The highest BCUT2D eigenvalue weighted by Gasteiger charge is 2.13. The summed E-state index contributed by atoms with van der Waals surface area (Å²) in [7, 11) is 0. The van der Waals surface area contributed by atoms with Crippen LogP contribution >= 0.6 is 11.8 Å². The fourth-order valence-electron chi connectivity index (χ4n) is 3.27. The second kappa shape index (κ2) is 12.2. The van der Waals surface area contributed by atoms with Crippen LogP contribution in [0.1, 0.15) is 60.5 Å². The molecule has 156 valence electrons. The molecule has 0 aliphatic carbocycles. The minimum atomic E-state index is 0.233. The standard InChI is InChI=1S/C27H30O2S/c1-2-3-4-11-16-26(28)25-18-17-24(29-20-22-12-7-5-8-13-22)19-27(25)30-21-23-14-9-6-10-15-23/h5-10,12-15,17-19H,2-4,11,16,20-21H2,1H3. The van der Waals surface area contributed by atoms with Crippen LogP contribution in [-0.4, -0.2) is 5.78 Å². The number of ether oxygens (including phenoxy) is 1. The van der Waals surface area contributed by atoms with Crippen molar-refractivity contribution in [2.24, 2.45) is 0 Å². The Morgan fingerprint density at radius 2 is 1.53 bits per heavy atom. The maximum atomic E-state index is 12.9.